The third-order valence-corrected chi connectivity index (χ3v) is 6.23. The Bertz CT molecular complexity index is 670. The lowest BCUT2D eigenvalue weighted by Gasteiger charge is -2.40. The zero-order chi connectivity index (χ0) is 17.9. The number of nitriles is 1. The molecule has 4 rings (SSSR count). The Hall–Kier alpha value is -1.90. The van der Waals surface area contributed by atoms with Crippen LogP contribution in [-0.4, -0.2) is 65.9 Å². The highest BCUT2D eigenvalue weighted by Crippen LogP contribution is 2.26. The number of hydrogen-bond donors (Lipinski definition) is 0. The molecule has 0 spiro atoms. The molecule has 2 saturated heterocycles. The summed E-state index contributed by atoms with van der Waals surface area (Å²) in [7, 11) is 0. The monoisotopic (exact) mass is 352 g/mol. The smallest absolute Gasteiger partial charge is 0.228 e. The van der Waals surface area contributed by atoms with Crippen LogP contribution in [-0.2, 0) is 11.3 Å². The van der Waals surface area contributed by atoms with E-state index >= 15 is 0 Å². The molecule has 0 unspecified atom stereocenters. The predicted molar refractivity (Wildman–Crippen MR) is 100 cm³/mol. The first-order valence-corrected chi connectivity index (χ1v) is 9.97. The molecule has 0 atom stereocenters. The van der Waals surface area contributed by atoms with Gasteiger partial charge < -0.3 is 4.90 Å². The van der Waals surface area contributed by atoms with E-state index in [1.807, 2.05) is 24.3 Å². The van der Waals surface area contributed by atoms with Crippen LogP contribution < -0.4 is 0 Å². The standard InChI is InChI=1S/C21H28N4O/c22-13-17-5-7-18(8-6-17)14-23-15-19(16-23)21(26)25-10-2-9-24(11-12-25)20-3-1-4-20/h5-8,19-20H,1-4,9-12,14-16H2. The van der Waals surface area contributed by atoms with Crippen molar-refractivity contribution in [3.05, 3.63) is 35.4 Å². The normalized spacial score (nSPS) is 23.0. The molecule has 3 aliphatic rings. The summed E-state index contributed by atoms with van der Waals surface area (Å²) in [4.78, 5) is 19.9. The average Bonchev–Trinajstić information content (AvgIpc) is 2.82. The number of amides is 1. The molecule has 26 heavy (non-hydrogen) atoms. The number of carbonyl (C=O) groups excluding carboxylic acids is 1. The van der Waals surface area contributed by atoms with E-state index in [4.69, 9.17) is 5.26 Å². The van der Waals surface area contributed by atoms with Crippen LogP contribution in [0, 0.1) is 17.2 Å². The summed E-state index contributed by atoms with van der Waals surface area (Å²) in [6.07, 6.45) is 5.19. The van der Waals surface area contributed by atoms with Gasteiger partial charge in [0.1, 0.15) is 0 Å². The van der Waals surface area contributed by atoms with Gasteiger partial charge in [-0.2, -0.15) is 5.26 Å². The summed E-state index contributed by atoms with van der Waals surface area (Å²) >= 11 is 0. The summed E-state index contributed by atoms with van der Waals surface area (Å²) in [6, 6.07) is 10.7. The van der Waals surface area contributed by atoms with Gasteiger partial charge in [0, 0.05) is 51.9 Å². The summed E-state index contributed by atoms with van der Waals surface area (Å²) in [6.45, 7) is 6.63. The minimum Gasteiger partial charge on any atom is -0.341 e. The highest BCUT2D eigenvalue weighted by Gasteiger charge is 2.36. The number of nitrogens with zero attached hydrogens (tertiary/aromatic N) is 4. The van der Waals surface area contributed by atoms with E-state index in [2.05, 4.69) is 20.8 Å². The lowest BCUT2D eigenvalue weighted by Crippen LogP contribution is -2.54. The topological polar surface area (TPSA) is 50.6 Å². The third-order valence-electron chi connectivity index (χ3n) is 6.23. The van der Waals surface area contributed by atoms with Crippen LogP contribution in [0.3, 0.4) is 0 Å². The van der Waals surface area contributed by atoms with E-state index in [9.17, 15) is 4.79 Å². The Morgan fingerprint density at radius 2 is 1.81 bits per heavy atom. The highest BCUT2D eigenvalue weighted by molar-refractivity contribution is 5.80. The van der Waals surface area contributed by atoms with Gasteiger partial charge in [-0.3, -0.25) is 14.6 Å². The second-order valence-corrected chi connectivity index (χ2v) is 8.00. The van der Waals surface area contributed by atoms with Gasteiger partial charge in [-0.15, -0.1) is 0 Å². The molecule has 1 aromatic carbocycles. The number of likely N-dealkylation sites (tertiary alicyclic amines) is 1. The van der Waals surface area contributed by atoms with Gasteiger partial charge in [-0.05, 0) is 37.0 Å². The van der Waals surface area contributed by atoms with E-state index in [0.717, 1.165) is 58.3 Å². The van der Waals surface area contributed by atoms with E-state index in [-0.39, 0.29) is 5.92 Å². The van der Waals surface area contributed by atoms with E-state index < -0.39 is 0 Å². The minimum atomic E-state index is 0.170. The Labute approximate surface area is 156 Å². The molecule has 0 N–H and O–H groups in total. The summed E-state index contributed by atoms with van der Waals surface area (Å²) < 4.78 is 0. The Balaban J connectivity index is 1.23. The van der Waals surface area contributed by atoms with Crippen LogP contribution in [0.5, 0.6) is 0 Å². The van der Waals surface area contributed by atoms with Crippen molar-refractivity contribution in [3.63, 3.8) is 0 Å². The molecular formula is C21H28N4O. The number of hydrogen-bond acceptors (Lipinski definition) is 4. The molecule has 2 aliphatic heterocycles. The molecule has 2 heterocycles. The fourth-order valence-corrected chi connectivity index (χ4v) is 4.33. The quantitative estimate of drug-likeness (QED) is 0.832. The molecule has 1 aromatic rings. The average molecular weight is 352 g/mol. The molecular weight excluding hydrogens is 324 g/mol. The lowest BCUT2D eigenvalue weighted by molar-refractivity contribution is -0.141. The minimum absolute atomic E-state index is 0.170. The molecule has 1 saturated carbocycles. The zero-order valence-corrected chi connectivity index (χ0v) is 15.4. The van der Waals surface area contributed by atoms with Crippen molar-refractivity contribution >= 4 is 5.91 Å². The summed E-state index contributed by atoms with van der Waals surface area (Å²) in [5.74, 6) is 0.528. The van der Waals surface area contributed by atoms with Crippen molar-refractivity contribution in [1.29, 1.82) is 5.26 Å². The third kappa shape index (κ3) is 3.77. The van der Waals surface area contributed by atoms with Crippen LogP contribution in [0.2, 0.25) is 0 Å². The Morgan fingerprint density at radius 1 is 1.04 bits per heavy atom. The largest absolute Gasteiger partial charge is 0.341 e. The van der Waals surface area contributed by atoms with E-state index in [0.29, 0.717) is 11.5 Å². The highest BCUT2D eigenvalue weighted by atomic mass is 16.2. The van der Waals surface area contributed by atoms with Crippen LogP contribution in [0.15, 0.2) is 24.3 Å². The second-order valence-electron chi connectivity index (χ2n) is 8.00. The molecule has 138 valence electrons. The predicted octanol–water partition coefficient (Wildman–Crippen LogP) is 2.08. The molecule has 5 heteroatoms. The van der Waals surface area contributed by atoms with E-state index in [1.165, 1.54) is 24.8 Å². The van der Waals surface area contributed by atoms with E-state index in [1.54, 1.807) is 0 Å². The summed E-state index contributed by atoms with van der Waals surface area (Å²) in [5, 5.41) is 8.87. The van der Waals surface area contributed by atoms with Crippen molar-refractivity contribution in [2.45, 2.75) is 38.3 Å². The number of rotatable bonds is 4. The summed E-state index contributed by atoms with van der Waals surface area (Å²) in [5.41, 5.74) is 1.91. The molecule has 1 amide bonds. The lowest BCUT2D eigenvalue weighted by atomic mass is 9.91. The van der Waals surface area contributed by atoms with Gasteiger partial charge in [0.05, 0.1) is 17.6 Å². The van der Waals surface area contributed by atoms with Gasteiger partial charge in [0.15, 0.2) is 0 Å². The van der Waals surface area contributed by atoms with Crippen molar-refractivity contribution in [2.24, 2.45) is 5.92 Å². The van der Waals surface area contributed by atoms with Crippen molar-refractivity contribution in [1.82, 2.24) is 14.7 Å². The number of carbonyl (C=O) groups is 1. The second kappa shape index (κ2) is 7.77. The van der Waals surface area contributed by atoms with Crippen LogP contribution in [0.1, 0.15) is 36.8 Å². The first-order valence-electron chi connectivity index (χ1n) is 9.97. The van der Waals surface area contributed by atoms with Gasteiger partial charge in [0.2, 0.25) is 5.91 Å². The van der Waals surface area contributed by atoms with Crippen molar-refractivity contribution in [3.8, 4) is 6.07 Å². The van der Waals surface area contributed by atoms with Gasteiger partial charge in [-0.25, -0.2) is 0 Å². The first-order chi connectivity index (χ1) is 12.7. The van der Waals surface area contributed by atoms with Crippen LogP contribution in [0.4, 0.5) is 0 Å². The Morgan fingerprint density at radius 3 is 2.46 bits per heavy atom. The van der Waals surface area contributed by atoms with Gasteiger partial charge >= 0.3 is 0 Å². The molecule has 5 nitrogen and oxygen atoms in total. The molecule has 0 aromatic heterocycles. The van der Waals surface area contributed by atoms with Crippen LogP contribution in [0.25, 0.3) is 0 Å². The number of benzene rings is 1. The molecule has 1 aliphatic carbocycles. The fourth-order valence-electron chi connectivity index (χ4n) is 4.33. The zero-order valence-electron chi connectivity index (χ0n) is 15.4. The maximum Gasteiger partial charge on any atom is 0.228 e. The van der Waals surface area contributed by atoms with Gasteiger partial charge in [0.25, 0.3) is 0 Å². The van der Waals surface area contributed by atoms with Crippen molar-refractivity contribution < 1.29 is 4.79 Å². The maximum atomic E-state index is 12.8. The Kier molecular flexibility index (Phi) is 5.23. The SMILES string of the molecule is N#Cc1ccc(CN2CC(C(=O)N3CCCN(C4CCC4)CC3)C2)cc1. The maximum absolute atomic E-state index is 12.8. The molecule has 0 bridgehead atoms. The fraction of sp³-hybridized carbons (Fsp3) is 0.619. The van der Waals surface area contributed by atoms with Crippen LogP contribution >= 0.6 is 0 Å². The first kappa shape index (κ1) is 17.5. The van der Waals surface area contributed by atoms with Gasteiger partial charge in [-0.1, -0.05) is 18.6 Å². The molecule has 0 radical (unpaired) electrons. The van der Waals surface area contributed by atoms with Crippen molar-refractivity contribution in [2.75, 3.05) is 39.3 Å². The molecule has 3 fully saturated rings.